The largest absolute Gasteiger partial charge is 0.316 e. The molecule has 2 atom stereocenters. The van der Waals surface area contributed by atoms with Crippen LogP contribution in [0.25, 0.3) is 0 Å². The molecule has 2 aliphatic carbocycles. The van der Waals surface area contributed by atoms with Crippen LogP contribution in [0.5, 0.6) is 0 Å². The Bertz CT molecular complexity index is 464. The molecule has 0 aromatic heterocycles. The molecule has 19 heavy (non-hydrogen) atoms. The maximum atomic E-state index is 13.1. The zero-order chi connectivity index (χ0) is 13.5. The van der Waals surface area contributed by atoms with Gasteiger partial charge in [0.2, 0.25) is 0 Å². The lowest BCUT2D eigenvalue weighted by Gasteiger charge is -2.32. The van der Waals surface area contributed by atoms with E-state index in [-0.39, 0.29) is 5.82 Å². The van der Waals surface area contributed by atoms with Crippen LogP contribution in [0.3, 0.4) is 0 Å². The molecule has 3 heteroatoms. The lowest BCUT2D eigenvalue weighted by atomic mass is 9.77. The summed E-state index contributed by atoms with van der Waals surface area (Å²) in [6.07, 6.45) is 5.01. The molecule has 2 aliphatic rings. The summed E-state index contributed by atoms with van der Waals surface area (Å²) in [7, 11) is 0. The van der Waals surface area contributed by atoms with Crippen molar-refractivity contribution in [2.45, 2.75) is 32.6 Å². The summed E-state index contributed by atoms with van der Waals surface area (Å²) >= 11 is 6.19. The third kappa shape index (κ3) is 2.80. The molecule has 1 aromatic rings. The molecule has 1 nitrogen and oxygen atoms in total. The Labute approximate surface area is 119 Å². The van der Waals surface area contributed by atoms with E-state index >= 15 is 0 Å². The summed E-state index contributed by atoms with van der Waals surface area (Å²) in [5.41, 5.74) is 1.44. The van der Waals surface area contributed by atoms with E-state index in [0.29, 0.717) is 10.4 Å². The lowest BCUT2D eigenvalue weighted by Crippen LogP contribution is -2.35. The molecule has 104 valence electrons. The first-order valence-electron chi connectivity index (χ1n) is 7.26. The van der Waals surface area contributed by atoms with Crippen LogP contribution in [0.4, 0.5) is 4.39 Å². The van der Waals surface area contributed by atoms with Crippen molar-refractivity contribution in [2.24, 2.45) is 17.3 Å². The Morgan fingerprint density at radius 3 is 2.74 bits per heavy atom. The Balaban J connectivity index is 1.77. The fourth-order valence-corrected chi connectivity index (χ4v) is 4.05. The van der Waals surface area contributed by atoms with Gasteiger partial charge < -0.3 is 5.32 Å². The molecule has 0 radical (unpaired) electrons. The number of fused-ring (bicyclic) bond motifs is 1. The maximum absolute atomic E-state index is 13.1. The highest BCUT2D eigenvalue weighted by molar-refractivity contribution is 6.31. The Morgan fingerprint density at radius 2 is 2.11 bits per heavy atom. The van der Waals surface area contributed by atoms with E-state index in [2.05, 4.69) is 12.2 Å². The van der Waals surface area contributed by atoms with Crippen LogP contribution >= 0.6 is 11.6 Å². The normalized spacial score (nSPS) is 32.4. The van der Waals surface area contributed by atoms with Gasteiger partial charge in [0.05, 0.1) is 0 Å². The monoisotopic (exact) mass is 281 g/mol. The van der Waals surface area contributed by atoms with Crippen LogP contribution in [-0.2, 0) is 6.42 Å². The van der Waals surface area contributed by atoms with Crippen LogP contribution in [0.15, 0.2) is 18.2 Å². The number of nitrogens with one attached hydrogen (secondary N) is 1. The van der Waals surface area contributed by atoms with Gasteiger partial charge in [0.15, 0.2) is 0 Å². The molecular formula is C16H21ClFN. The minimum absolute atomic E-state index is 0.247. The average molecular weight is 282 g/mol. The molecule has 0 spiro atoms. The number of hydrogen-bond acceptors (Lipinski definition) is 1. The highest BCUT2D eigenvalue weighted by atomic mass is 35.5. The fourth-order valence-electron chi connectivity index (χ4n) is 3.82. The van der Waals surface area contributed by atoms with Gasteiger partial charge in [-0.1, -0.05) is 24.6 Å². The van der Waals surface area contributed by atoms with E-state index in [1.54, 1.807) is 0 Å². The van der Waals surface area contributed by atoms with Crippen molar-refractivity contribution in [1.82, 2.24) is 5.32 Å². The van der Waals surface area contributed by atoms with Crippen LogP contribution in [-0.4, -0.2) is 13.1 Å². The molecule has 3 rings (SSSR count). The van der Waals surface area contributed by atoms with Crippen molar-refractivity contribution in [3.05, 3.63) is 34.6 Å². The van der Waals surface area contributed by atoms with E-state index in [1.165, 1.54) is 31.4 Å². The zero-order valence-corrected chi connectivity index (χ0v) is 12.1. The first-order chi connectivity index (χ1) is 9.12. The first kappa shape index (κ1) is 13.4. The zero-order valence-electron chi connectivity index (χ0n) is 11.4. The average Bonchev–Trinajstić information content (AvgIpc) is 2.99. The third-order valence-corrected chi connectivity index (χ3v) is 5.14. The molecule has 1 N–H and O–H groups in total. The summed E-state index contributed by atoms with van der Waals surface area (Å²) in [5.74, 6) is 1.64. The predicted molar refractivity (Wildman–Crippen MR) is 76.9 cm³/mol. The van der Waals surface area contributed by atoms with Crippen LogP contribution in [0.2, 0.25) is 5.02 Å². The number of rotatable bonds is 5. The maximum Gasteiger partial charge on any atom is 0.124 e. The molecule has 0 aliphatic heterocycles. The van der Waals surface area contributed by atoms with Crippen molar-refractivity contribution in [3.8, 4) is 0 Å². The van der Waals surface area contributed by atoms with Crippen molar-refractivity contribution in [1.29, 1.82) is 0 Å². The lowest BCUT2D eigenvalue weighted by molar-refractivity contribution is 0.250. The quantitative estimate of drug-likeness (QED) is 0.859. The second kappa shape index (κ2) is 5.06. The van der Waals surface area contributed by atoms with Crippen LogP contribution in [0, 0.1) is 23.1 Å². The Kier molecular flexibility index (Phi) is 3.57. The van der Waals surface area contributed by atoms with E-state index in [9.17, 15) is 4.39 Å². The van der Waals surface area contributed by atoms with E-state index in [4.69, 9.17) is 11.6 Å². The molecule has 0 heterocycles. The highest BCUT2D eigenvalue weighted by Crippen LogP contribution is 2.60. The minimum atomic E-state index is -0.247. The predicted octanol–water partition coefficient (Wildman–Crippen LogP) is 4.05. The van der Waals surface area contributed by atoms with Gasteiger partial charge in [-0.2, -0.15) is 0 Å². The van der Waals surface area contributed by atoms with E-state index in [0.717, 1.165) is 36.9 Å². The van der Waals surface area contributed by atoms with Gasteiger partial charge in [-0.05, 0) is 67.2 Å². The molecular weight excluding hydrogens is 261 g/mol. The van der Waals surface area contributed by atoms with E-state index in [1.807, 2.05) is 6.07 Å². The second-order valence-corrected chi connectivity index (χ2v) is 6.76. The van der Waals surface area contributed by atoms with Gasteiger partial charge in [-0.3, -0.25) is 0 Å². The Hall–Kier alpha value is -0.600. The first-order valence-corrected chi connectivity index (χ1v) is 7.64. The van der Waals surface area contributed by atoms with Crippen molar-refractivity contribution in [3.63, 3.8) is 0 Å². The molecule has 2 fully saturated rings. The molecule has 0 saturated heterocycles. The van der Waals surface area contributed by atoms with Gasteiger partial charge in [0.1, 0.15) is 5.82 Å². The van der Waals surface area contributed by atoms with Gasteiger partial charge in [0.25, 0.3) is 0 Å². The summed E-state index contributed by atoms with van der Waals surface area (Å²) in [6.45, 7) is 4.21. The van der Waals surface area contributed by atoms with Gasteiger partial charge in [0, 0.05) is 11.6 Å². The summed E-state index contributed by atoms with van der Waals surface area (Å²) in [6, 6.07) is 4.82. The smallest absolute Gasteiger partial charge is 0.124 e. The molecule has 2 unspecified atom stereocenters. The Morgan fingerprint density at radius 1 is 1.37 bits per heavy atom. The van der Waals surface area contributed by atoms with Gasteiger partial charge in [-0.25, -0.2) is 4.39 Å². The molecule has 0 amide bonds. The second-order valence-electron chi connectivity index (χ2n) is 6.36. The SMILES string of the molecule is CCNCC1(Cc2ccc(F)cc2Cl)CC2CC2C1. The molecule has 0 bridgehead atoms. The fraction of sp³-hybridized carbons (Fsp3) is 0.625. The molecule has 1 aromatic carbocycles. The van der Waals surface area contributed by atoms with Crippen molar-refractivity contribution < 1.29 is 4.39 Å². The van der Waals surface area contributed by atoms with Gasteiger partial charge >= 0.3 is 0 Å². The standard InChI is InChI=1S/C16H21ClFN/c1-2-19-10-16(8-12-5-13(12)9-16)7-11-3-4-14(18)6-15(11)17/h3-4,6,12-13,19H,2,5,7-10H2,1H3. The molecule has 2 saturated carbocycles. The number of benzene rings is 1. The summed E-state index contributed by atoms with van der Waals surface area (Å²) in [5, 5.41) is 4.09. The summed E-state index contributed by atoms with van der Waals surface area (Å²) in [4.78, 5) is 0. The minimum Gasteiger partial charge on any atom is -0.316 e. The van der Waals surface area contributed by atoms with Crippen molar-refractivity contribution in [2.75, 3.05) is 13.1 Å². The van der Waals surface area contributed by atoms with E-state index < -0.39 is 0 Å². The third-order valence-electron chi connectivity index (χ3n) is 4.79. The number of halogens is 2. The highest BCUT2D eigenvalue weighted by Gasteiger charge is 2.53. The van der Waals surface area contributed by atoms with Gasteiger partial charge in [-0.15, -0.1) is 0 Å². The van der Waals surface area contributed by atoms with Crippen molar-refractivity contribution >= 4 is 11.6 Å². The van der Waals surface area contributed by atoms with Crippen LogP contribution < -0.4 is 5.32 Å². The number of hydrogen-bond donors (Lipinski definition) is 1. The summed E-state index contributed by atoms with van der Waals surface area (Å²) < 4.78 is 13.1. The van der Waals surface area contributed by atoms with Crippen LogP contribution in [0.1, 0.15) is 31.7 Å². The topological polar surface area (TPSA) is 12.0 Å².